The van der Waals surface area contributed by atoms with Crippen molar-refractivity contribution >= 4 is 11.9 Å². The summed E-state index contributed by atoms with van der Waals surface area (Å²) in [5, 5.41) is 4.08. The molecule has 0 aliphatic rings. The molecule has 0 aliphatic carbocycles. The second-order valence-electron chi connectivity index (χ2n) is 2.86. The number of rotatable bonds is 3. The topological polar surface area (TPSA) is 40.2 Å². The molecule has 0 bridgehead atoms. The Labute approximate surface area is 82.5 Å². The molecule has 0 saturated heterocycles. The van der Waals surface area contributed by atoms with Crippen LogP contribution < -0.4 is 5.43 Å². The molecule has 14 heavy (non-hydrogen) atoms. The Kier molecular flexibility index (Phi) is 2.62. The van der Waals surface area contributed by atoms with Gasteiger partial charge in [-0.1, -0.05) is 18.2 Å². The second-order valence-corrected chi connectivity index (χ2v) is 2.86. The lowest BCUT2D eigenvalue weighted by Gasteiger charge is -1.97. The van der Waals surface area contributed by atoms with Crippen molar-refractivity contribution in [3.8, 4) is 0 Å². The largest absolute Gasteiger partial charge is 0.360 e. The summed E-state index contributed by atoms with van der Waals surface area (Å²) in [5.41, 5.74) is 4.89. The number of nitrogens with one attached hydrogen (secondary N) is 2. The first-order chi connectivity index (χ1) is 6.95. The zero-order chi connectivity index (χ0) is 9.64. The molecule has 0 saturated carbocycles. The van der Waals surface area contributed by atoms with Gasteiger partial charge in [0.2, 0.25) is 0 Å². The standard InChI is InChI=1S/C11H11N3/c1-2-5-10(6-3-1)14-13-9-11-7-4-8-12-11/h1-9,12,14H/b13-9-. The first kappa shape index (κ1) is 8.56. The van der Waals surface area contributed by atoms with E-state index in [9.17, 15) is 0 Å². The van der Waals surface area contributed by atoms with Crippen LogP contribution in [0.25, 0.3) is 0 Å². The molecule has 1 aromatic carbocycles. The van der Waals surface area contributed by atoms with Crippen LogP contribution >= 0.6 is 0 Å². The minimum atomic E-state index is 0.980. The van der Waals surface area contributed by atoms with Gasteiger partial charge >= 0.3 is 0 Å². The van der Waals surface area contributed by atoms with E-state index in [4.69, 9.17) is 0 Å². The fourth-order valence-electron chi connectivity index (χ4n) is 1.11. The summed E-state index contributed by atoms with van der Waals surface area (Å²) in [6.45, 7) is 0. The molecular weight excluding hydrogens is 174 g/mol. The van der Waals surface area contributed by atoms with E-state index in [1.807, 2.05) is 48.7 Å². The molecule has 0 amide bonds. The van der Waals surface area contributed by atoms with Crippen LogP contribution in [0.3, 0.4) is 0 Å². The van der Waals surface area contributed by atoms with Crippen LogP contribution in [0.1, 0.15) is 5.69 Å². The van der Waals surface area contributed by atoms with Gasteiger partial charge in [0.1, 0.15) is 0 Å². The summed E-state index contributed by atoms with van der Waals surface area (Å²) in [6.07, 6.45) is 3.61. The second kappa shape index (κ2) is 4.28. The molecule has 1 heterocycles. The SMILES string of the molecule is C(=N/Nc1ccccc1)/c1ccc[nH]1. The van der Waals surface area contributed by atoms with E-state index in [2.05, 4.69) is 15.5 Å². The first-order valence-corrected chi connectivity index (χ1v) is 4.43. The third kappa shape index (κ3) is 2.23. The fraction of sp³-hybridized carbons (Fsp3) is 0. The van der Waals surface area contributed by atoms with E-state index in [0.717, 1.165) is 11.4 Å². The predicted octanol–water partition coefficient (Wildman–Crippen LogP) is 2.46. The molecule has 2 N–H and O–H groups in total. The highest BCUT2D eigenvalue weighted by atomic mass is 15.3. The van der Waals surface area contributed by atoms with E-state index in [1.165, 1.54) is 0 Å². The maximum absolute atomic E-state index is 4.08. The molecule has 0 atom stereocenters. The normalized spacial score (nSPS) is 10.6. The number of para-hydroxylation sites is 1. The van der Waals surface area contributed by atoms with Gasteiger partial charge in [0, 0.05) is 6.20 Å². The van der Waals surface area contributed by atoms with Crippen molar-refractivity contribution < 1.29 is 0 Å². The van der Waals surface area contributed by atoms with Crippen LogP contribution in [0.2, 0.25) is 0 Å². The van der Waals surface area contributed by atoms with Gasteiger partial charge in [-0.05, 0) is 24.3 Å². The van der Waals surface area contributed by atoms with Crippen molar-refractivity contribution in [2.45, 2.75) is 0 Å². The number of aromatic amines is 1. The van der Waals surface area contributed by atoms with E-state index < -0.39 is 0 Å². The number of H-pyrrole nitrogens is 1. The molecule has 0 radical (unpaired) electrons. The summed E-state index contributed by atoms with van der Waals surface area (Å²) in [7, 11) is 0. The number of hydrazone groups is 1. The molecule has 3 heteroatoms. The fourth-order valence-corrected chi connectivity index (χ4v) is 1.11. The van der Waals surface area contributed by atoms with Crippen LogP contribution in [0.15, 0.2) is 53.8 Å². The van der Waals surface area contributed by atoms with Gasteiger partial charge in [-0.3, -0.25) is 5.43 Å². The minimum Gasteiger partial charge on any atom is -0.360 e. The number of benzene rings is 1. The van der Waals surface area contributed by atoms with E-state index >= 15 is 0 Å². The van der Waals surface area contributed by atoms with Crippen molar-refractivity contribution in [1.82, 2.24) is 4.98 Å². The molecule has 0 aliphatic heterocycles. The number of hydrogen-bond acceptors (Lipinski definition) is 2. The minimum absolute atomic E-state index is 0.980. The van der Waals surface area contributed by atoms with Gasteiger partial charge in [-0.15, -0.1) is 0 Å². The van der Waals surface area contributed by atoms with Crippen LogP contribution in [-0.2, 0) is 0 Å². The Morgan fingerprint density at radius 2 is 1.93 bits per heavy atom. The highest BCUT2D eigenvalue weighted by Crippen LogP contribution is 2.04. The highest BCUT2D eigenvalue weighted by molar-refractivity contribution is 5.77. The Bertz CT molecular complexity index is 390. The van der Waals surface area contributed by atoms with Crippen molar-refractivity contribution in [3.05, 3.63) is 54.4 Å². The third-order valence-electron chi connectivity index (χ3n) is 1.79. The third-order valence-corrected chi connectivity index (χ3v) is 1.79. The monoisotopic (exact) mass is 185 g/mol. The Hall–Kier alpha value is -2.03. The maximum Gasteiger partial charge on any atom is 0.0707 e. The molecule has 2 aromatic rings. The highest BCUT2D eigenvalue weighted by Gasteiger charge is 1.86. The molecule has 0 unspecified atom stereocenters. The van der Waals surface area contributed by atoms with Crippen LogP contribution in [0.5, 0.6) is 0 Å². The molecule has 70 valence electrons. The molecule has 0 fully saturated rings. The van der Waals surface area contributed by atoms with E-state index in [1.54, 1.807) is 6.21 Å². The average Bonchev–Trinajstić information content (AvgIpc) is 2.72. The van der Waals surface area contributed by atoms with Crippen molar-refractivity contribution in [1.29, 1.82) is 0 Å². The number of nitrogens with zero attached hydrogens (tertiary/aromatic N) is 1. The smallest absolute Gasteiger partial charge is 0.0707 e. The van der Waals surface area contributed by atoms with Gasteiger partial charge < -0.3 is 4.98 Å². The summed E-state index contributed by atoms with van der Waals surface area (Å²) < 4.78 is 0. The number of hydrogen-bond donors (Lipinski definition) is 2. The summed E-state index contributed by atoms with van der Waals surface area (Å²) in [5.74, 6) is 0. The lowest BCUT2D eigenvalue weighted by molar-refractivity contribution is 1.32. The Morgan fingerprint density at radius 1 is 1.07 bits per heavy atom. The molecular formula is C11H11N3. The van der Waals surface area contributed by atoms with Crippen molar-refractivity contribution in [3.63, 3.8) is 0 Å². The Balaban J connectivity index is 1.95. The van der Waals surface area contributed by atoms with E-state index in [-0.39, 0.29) is 0 Å². The number of anilines is 1. The zero-order valence-electron chi connectivity index (χ0n) is 7.64. The van der Waals surface area contributed by atoms with Crippen molar-refractivity contribution in [2.75, 3.05) is 5.43 Å². The molecule has 0 spiro atoms. The number of aromatic nitrogens is 1. The zero-order valence-corrected chi connectivity index (χ0v) is 7.64. The van der Waals surface area contributed by atoms with E-state index in [0.29, 0.717) is 0 Å². The molecule has 1 aromatic heterocycles. The molecule has 3 nitrogen and oxygen atoms in total. The molecule has 2 rings (SSSR count). The lowest BCUT2D eigenvalue weighted by atomic mass is 10.3. The van der Waals surface area contributed by atoms with Gasteiger partial charge in [0.25, 0.3) is 0 Å². The van der Waals surface area contributed by atoms with Crippen molar-refractivity contribution in [2.24, 2.45) is 5.10 Å². The van der Waals surface area contributed by atoms with Gasteiger partial charge in [-0.2, -0.15) is 5.10 Å². The lowest BCUT2D eigenvalue weighted by Crippen LogP contribution is -1.89. The van der Waals surface area contributed by atoms with Gasteiger partial charge in [0.15, 0.2) is 0 Å². The van der Waals surface area contributed by atoms with Gasteiger partial charge in [0.05, 0.1) is 17.6 Å². The average molecular weight is 185 g/mol. The van der Waals surface area contributed by atoms with Crippen LogP contribution in [0.4, 0.5) is 5.69 Å². The van der Waals surface area contributed by atoms with Gasteiger partial charge in [-0.25, -0.2) is 0 Å². The quantitative estimate of drug-likeness (QED) is 0.559. The predicted molar refractivity (Wildman–Crippen MR) is 58.5 cm³/mol. The summed E-state index contributed by atoms with van der Waals surface area (Å²) >= 11 is 0. The summed E-state index contributed by atoms with van der Waals surface area (Å²) in [6, 6.07) is 13.7. The maximum atomic E-state index is 4.08. The summed E-state index contributed by atoms with van der Waals surface area (Å²) in [4.78, 5) is 3.03. The van der Waals surface area contributed by atoms with Crippen LogP contribution in [0, 0.1) is 0 Å². The van der Waals surface area contributed by atoms with Crippen LogP contribution in [-0.4, -0.2) is 11.2 Å². The Morgan fingerprint density at radius 3 is 2.64 bits per heavy atom. The first-order valence-electron chi connectivity index (χ1n) is 4.43.